The van der Waals surface area contributed by atoms with Gasteiger partial charge in [0.2, 0.25) is 0 Å². The minimum atomic E-state index is -1.03. The SMILES string of the molecule is CCCCCC1c2cc(c(OCc3ccc(C(=O)O)cc3)cc2OC)C(CCCCC)c2cc(c(OCc3ccc(C(=O)O)cc3)cc2OC)C(CCCCC)c2cc(c(OCc3ccc(C(=O)O)cc3)cc2OC)C(CCCCC)c2cc1c(OCc1ccc(C(=O)O)cc1)cc2OC. The summed E-state index contributed by atoms with van der Waals surface area (Å²) in [5.41, 5.74) is 10.8. The first-order valence-electron chi connectivity index (χ1n) is 35.2. The molecule has 0 saturated carbocycles. The molecule has 4 N–H and O–H groups in total. The van der Waals surface area contributed by atoms with E-state index in [1.165, 1.54) is 0 Å². The predicted octanol–water partition coefficient (Wildman–Crippen LogP) is 20.0. The number of methoxy groups -OCH3 is 4. The van der Waals surface area contributed by atoms with E-state index in [1.54, 1.807) is 126 Å². The van der Waals surface area contributed by atoms with Gasteiger partial charge in [-0.05, 0) is 121 Å². The van der Waals surface area contributed by atoms with E-state index in [-0.39, 0.29) is 48.7 Å². The molecule has 16 nitrogen and oxygen atoms in total. The van der Waals surface area contributed by atoms with Crippen LogP contribution in [0, 0.1) is 0 Å². The maximum atomic E-state index is 12.1. The lowest BCUT2D eigenvalue weighted by Crippen LogP contribution is -2.16. The first-order valence-corrected chi connectivity index (χ1v) is 35.2. The molecule has 528 valence electrons. The molecule has 0 amide bonds. The summed E-state index contributed by atoms with van der Waals surface area (Å²) in [6, 6.07) is 43.9. The quantitative estimate of drug-likeness (QED) is 0.0268. The maximum Gasteiger partial charge on any atom is 0.335 e. The van der Waals surface area contributed by atoms with E-state index in [4.69, 9.17) is 37.9 Å². The number of aromatic carboxylic acids is 4. The summed E-state index contributed by atoms with van der Waals surface area (Å²) >= 11 is 0. The Labute approximate surface area is 588 Å². The zero-order valence-electron chi connectivity index (χ0n) is 59.0. The van der Waals surface area contributed by atoms with Crippen molar-refractivity contribution in [3.05, 3.63) is 235 Å². The van der Waals surface area contributed by atoms with Gasteiger partial charge in [-0.15, -0.1) is 0 Å². The Morgan fingerprint density at radius 2 is 0.450 bits per heavy atom. The summed E-state index contributed by atoms with van der Waals surface area (Å²) in [5, 5.41) is 39.6. The minimum Gasteiger partial charge on any atom is -0.496 e. The molecule has 0 heterocycles. The summed E-state index contributed by atoms with van der Waals surface area (Å²) in [6.45, 7) is 9.17. The van der Waals surface area contributed by atoms with Crippen molar-refractivity contribution in [2.24, 2.45) is 0 Å². The number of ether oxygens (including phenoxy) is 8. The topological polar surface area (TPSA) is 223 Å². The molecule has 1 aliphatic carbocycles. The highest BCUT2D eigenvalue weighted by atomic mass is 16.5. The number of carboxylic acid groups (broad SMARTS) is 4. The molecule has 0 spiro atoms. The summed E-state index contributed by atoms with van der Waals surface area (Å²) in [7, 11) is 6.72. The molecule has 8 aromatic carbocycles. The number of fused-ring (bicyclic) bond motifs is 8. The average molecular weight is 1360 g/mol. The van der Waals surface area contributed by atoms with Crippen molar-refractivity contribution in [1.82, 2.24) is 0 Å². The van der Waals surface area contributed by atoms with Gasteiger partial charge in [0.15, 0.2) is 0 Å². The van der Waals surface area contributed by atoms with Gasteiger partial charge in [0.1, 0.15) is 72.4 Å². The van der Waals surface area contributed by atoms with Gasteiger partial charge in [-0.1, -0.05) is 153 Å². The number of hydrogen-bond donors (Lipinski definition) is 4. The van der Waals surface area contributed by atoms with Crippen LogP contribution in [0.1, 0.15) is 262 Å². The van der Waals surface area contributed by atoms with Crippen LogP contribution in [0.25, 0.3) is 0 Å². The molecule has 4 atom stereocenters. The Balaban J connectivity index is 1.43. The summed E-state index contributed by atoms with van der Waals surface area (Å²) in [4.78, 5) is 48.4. The van der Waals surface area contributed by atoms with E-state index in [1.807, 2.05) is 24.3 Å². The number of carbonyl (C=O) groups is 4. The third-order valence-corrected chi connectivity index (χ3v) is 19.2. The van der Waals surface area contributed by atoms with Crippen LogP contribution in [0.15, 0.2) is 146 Å². The van der Waals surface area contributed by atoms with Crippen LogP contribution in [0.5, 0.6) is 46.0 Å². The number of hydrogen-bond acceptors (Lipinski definition) is 12. The third-order valence-electron chi connectivity index (χ3n) is 19.2. The van der Waals surface area contributed by atoms with Crippen molar-refractivity contribution in [3.8, 4) is 46.0 Å². The molecule has 100 heavy (non-hydrogen) atoms. The Morgan fingerprint density at radius 3 is 0.610 bits per heavy atom. The molecule has 16 heteroatoms. The average Bonchev–Trinajstić information content (AvgIpc) is 0.749. The molecule has 0 aliphatic heterocycles. The second-order valence-electron chi connectivity index (χ2n) is 25.9. The smallest absolute Gasteiger partial charge is 0.335 e. The van der Waals surface area contributed by atoms with Crippen molar-refractivity contribution in [2.45, 2.75) is 181 Å². The number of carboxylic acids is 4. The minimum absolute atomic E-state index is 0.102. The van der Waals surface area contributed by atoms with Gasteiger partial charge in [-0.25, -0.2) is 19.2 Å². The maximum absolute atomic E-state index is 12.1. The molecule has 0 fully saturated rings. The Kier molecular flexibility index (Phi) is 26.9. The zero-order chi connectivity index (χ0) is 71.2. The standard InChI is InChI=1S/C84H96O16/c1-9-13-17-21-61-65-41-70(78(45-73(65)93-5)98-50-54-27-35-58(36-28-54)82(87)88)63(23-19-15-11-3)67-43-72(80(47-75(67)95-7)100-52-56-31-39-60(40-32-56)84(91)92)64(24-20-16-12-4)68-44-71(79(48-76(68)96-8)99-51-55-29-37-59(38-30-55)83(89)90)62(22-18-14-10-2)66-42-69(61)77(46-74(66)94-6)97-49-53-25-33-57(34-26-53)81(85)86/h25-48,61-64H,9-24,49-52H2,1-8H3,(H,85,86)(H,87,88)(H,89,90)(H,91,92). The van der Waals surface area contributed by atoms with Gasteiger partial charge in [-0.3, -0.25) is 0 Å². The van der Waals surface area contributed by atoms with Crippen molar-refractivity contribution in [3.63, 3.8) is 0 Å². The molecule has 1 aliphatic rings. The molecule has 0 aromatic heterocycles. The second kappa shape index (κ2) is 36.2. The Bertz CT molecular complexity index is 3520. The van der Waals surface area contributed by atoms with Crippen LogP contribution in [-0.2, 0) is 26.4 Å². The fourth-order valence-electron chi connectivity index (χ4n) is 13.7. The first-order chi connectivity index (χ1) is 48.5. The highest BCUT2D eigenvalue weighted by Crippen LogP contribution is 2.54. The Morgan fingerprint density at radius 1 is 0.270 bits per heavy atom. The van der Waals surface area contributed by atoms with E-state index >= 15 is 0 Å². The predicted molar refractivity (Wildman–Crippen MR) is 387 cm³/mol. The number of unbranched alkanes of at least 4 members (excludes halogenated alkanes) is 8. The van der Waals surface area contributed by atoms with E-state index in [2.05, 4.69) is 52.0 Å². The highest BCUT2D eigenvalue weighted by molar-refractivity contribution is 5.89. The molecule has 8 aromatic rings. The van der Waals surface area contributed by atoms with Crippen molar-refractivity contribution in [2.75, 3.05) is 28.4 Å². The van der Waals surface area contributed by atoms with E-state index in [9.17, 15) is 39.6 Å². The molecule has 9 rings (SSSR count). The fraction of sp³-hybridized carbons (Fsp3) is 0.381. The number of benzene rings is 8. The van der Waals surface area contributed by atoms with Gasteiger partial charge < -0.3 is 58.3 Å². The highest BCUT2D eigenvalue weighted by Gasteiger charge is 2.35. The van der Waals surface area contributed by atoms with Crippen molar-refractivity contribution >= 4 is 23.9 Å². The van der Waals surface area contributed by atoms with Gasteiger partial charge >= 0.3 is 23.9 Å². The summed E-state index contributed by atoms with van der Waals surface area (Å²) < 4.78 is 55.1. The van der Waals surface area contributed by atoms with Gasteiger partial charge in [-0.2, -0.15) is 0 Å². The van der Waals surface area contributed by atoms with Gasteiger partial charge in [0.05, 0.1) is 50.7 Å². The van der Waals surface area contributed by atoms with E-state index in [0.29, 0.717) is 71.7 Å². The molecule has 0 saturated heterocycles. The van der Waals surface area contributed by atoms with Crippen LogP contribution in [0.4, 0.5) is 0 Å². The number of rotatable bonds is 36. The monoisotopic (exact) mass is 1360 g/mol. The third kappa shape index (κ3) is 18.5. The van der Waals surface area contributed by atoms with E-state index < -0.39 is 47.5 Å². The second-order valence-corrected chi connectivity index (χ2v) is 25.9. The molecular weight excluding hydrogens is 1260 g/mol. The van der Waals surface area contributed by atoms with Gasteiger partial charge in [0.25, 0.3) is 0 Å². The Hall–Kier alpha value is -9.96. The lowest BCUT2D eigenvalue weighted by molar-refractivity contribution is 0.0686. The van der Waals surface area contributed by atoms with Crippen LogP contribution in [0.3, 0.4) is 0 Å². The lowest BCUT2D eigenvalue weighted by Gasteiger charge is -2.32. The van der Waals surface area contributed by atoms with Crippen LogP contribution in [0.2, 0.25) is 0 Å². The van der Waals surface area contributed by atoms with Crippen LogP contribution in [-0.4, -0.2) is 72.7 Å². The molecule has 4 unspecified atom stereocenters. The zero-order valence-corrected chi connectivity index (χ0v) is 59.0. The fourth-order valence-corrected chi connectivity index (χ4v) is 13.7. The first kappa shape index (κ1) is 74.3. The molecule has 0 radical (unpaired) electrons. The normalized spacial score (nSPS) is 14.7. The van der Waals surface area contributed by atoms with Crippen molar-refractivity contribution < 1.29 is 77.5 Å². The molecular formula is C84H96O16. The van der Waals surface area contributed by atoms with Crippen LogP contribution >= 0.6 is 0 Å². The van der Waals surface area contributed by atoms with Crippen LogP contribution < -0.4 is 37.9 Å². The summed E-state index contributed by atoms with van der Waals surface area (Å²) in [5.74, 6) is -1.11. The van der Waals surface area contributed by atoms with Gasteiger partial charge in [0, 0.05) is 92.4 Å². The van der Waals surface area contributed by atoms with E-state index in [0.717, 1.165) is 144 Å². The summed E-state index contributed by atoms with van der Waals surface area (Å²) in [6.07, 6.45) is 13.5. The largest absolute Gasteiger partial charge is 0.496 e. The lowest BCUT2D eigenvalue weighted by atomic mass is 9.76. The molecule has 8 bridgehead atoms. The van der Waals surface area contributed by atoms with Crippen molar-refractivity contribution in [1.29, 1.82) is 0 Å².